The number of aliphatic imine (C=N–C) groups is 4. The molecular weight excluding hydrogens is 1220 g/mol. The van der Waals surface area contributed by atoms with Gasteiger partial charge in [0, 0.05) is 0 Å². The zero-order chi connectivity index (χ0) is 64.8. The topological polar surface area (TPSA) is 84.0 Å². The predicted molar refractivity (Wildman–Crippen MR) is 387 cm³/mol. The first-order valence-corrected chi connectivity index (χ1v) is 39.7. The van der Waals surface area contributed by atoms with Crippen molar-refractivity contribution < 1.29 is 0 Å². The molecule has 10 heteroatoms. The standard InChI is InChI=1S/C80H88N8.ClH.In/c1-73(2,3)45-25-41-29-53-57(37-49(41)61(33-45)77(13,14)15)69-81-65(53)85-70-58-38-50-42(26-46(74(4,5)6)34-62(50)78(16,17)18)30-54(58)67(82-70)87-72-60-40-52-44(28-48(76(10,11)12)36-64(52)80(22,23)24)32-56(60)68(84-72)88-71-59-39-51-43(31-55(59)66(83-71)86-69)27-47(75(7,8)9)35-63(51)79(19,20)21;;/h25-40H,1-24H3;1H;/q-2;;+3/p-1. The number of aromatic nitrogens is 2. The second-order valence-corrected chi connectivity index (χ2v) is 42.2. The maximum absolute atomic E-state index is 8.90. The van der Waals surface area contributed by atoms with Crippen molar-refractivity contribution in [1.29, 1.82) is 0 Å². The van der Waals surface area contributed by atoms with Gasteiger partial charge in [0.1, 0.15) is 0 Å². The minimum atomic E-state index is -4.35. The van der Waals surface area contributed by atoms with Gasteiger partial charge in [-0.1, -0.05) is 0 Å². The molecule has 0 radical (unpaired) electrons. The first-order chi connectivity index (χ1) is 41.5. The van der Waals surface area contributed by atoms with E-state index in [1.165, 1.54) is 66.1 Å². The molecule has 0 saturated carbocycles. The predicted octanol–water partition coefficient (Wildman–Crippen LogP) is 20.2. The molecule has 0 fully saturated rings. The Bertz CT molecular complexity index is 5190. The van der Waals surface area contributed by atoms with E-state index in [0.29, 0.717) is 23.3 Å². The van der Waals surface area contributed by atoms with Crippen LogP contribution < -0.4 is 11.0 Å². The summed E-state index contributed by atoms with van der Waals surface area (Å²) in [6.07, 6.45) is 0. The third-order valence-corrected chi connectivity index (χ3v) is 27.4. The molecule has 8 aromatic carbocycles. The first-order valence-electron chi connectivity index (χ1n) is 32.5. The van der Waals surface area contributed by atoms with Crippen molar-refractivity contribution in [2.75, 3.05) is 0 Å². The van der Waals surface area contributed by atoms with Gasteiger partial charge in [0.25, 0.3) is 0 Å². The Labute approximate surface area is 544 Å². The summed E-state index contributed by atoms with van der Waals surface area (Å²) >= 11 is -4.35. The van der Waals surface area contributed by atoms with Crippen LogP contribution in [0.15, 0.2) is 127 Å². The van der Waals surface area contributed by atoms with E-state index in [9.17, 15) is 0 Å². The van der Waals surface area contributed by atoms with E-state index < -0.39 is 20.8 Å². The summed E-state index contributed by atoms with van der Waals surface area (Å²) in [5, 5.41) is 13.2. The van der Waals surface area contributed by atoms with Crippen LogP contribution >= 0.6 is 8.58 Å². The fraction of sp³-hybridized carbons (Fsp3) is 0.400. The van der Waals surface area contributed by atoms with Gasteiger partial charge in [0.05, 0.1) is 0 Å². The third kappa shape index (κ3) is 9.64. The summed E-state index contributed by atoms with van der Waals surface area (Å²) in [5.74, 6) is 3.92. The zero-order valence-electron chi connectivity index (χ0n) is 57.8. The van der Waals surface area contributed by atoms with Crippen molar-refractivity contribution in [3.8, 4) is 0 Å². The third-order valence-electron chi connectivity index (χ3n) is 19.6. The summed E-state index contributed by atoms with van der Waals surface area (Å²) in [4.78, 5) is 35.2. The second-order valence-electron chi connectivity index (χ2n) is 34.9. The van der Waals surface area contributed by atoms with E-state index in [1.54, 1.807) is 0 Å². The summed E-state index contributed by atoms with van der Waals surface area (Å²) in [5.41, 5.74) is 14.4. The Kier molecular flexibility index (Phi) is 13.0. The van der Waals surface area contributed by atoms with Crippen molar-refractivity contribution in [2.24, 2.45) is 30.0 Å². The van der Waals surface area contributed by atoms with Gasteiger partial charge in [-0.3, -0.25) is 0 Å². The van der Waals surface area contributed by atoms with Crippen LogP contribution in [0.2, 0.25) is 0 Å². The molecule has 90 heavy (non-hydrogen) atoms. The zero-order valence-corrected chi connectivity index (χ0v) is 61.8. The van der Waals surface area contributed by atoms with Gasteiger partial charge in [-0.15, -0.1) is 0 Å². The first kappa shape index (κ1) is 60.9. The van der Waals surface area contributed by atoms with Gasteiger partial charge in [-0.25, -0.2) is 0 Å². The van der Waals surface area contributed by atoms with Crippen LogP contribution in [0.5, 0.6) is 0 Å². The number of amidine groups is 4. The molecule has 0 aliphatic carbocycles. The summed E-state index contributed by atoms with van der Waals surface area (Å²) in [7, 11) is 8.90. The molecule has 4 aliphatic rings. The van der Waals surface area contributed by atoms with Crippen LogP contribution in [0.3, 0.4) is 0 Å². The normalized spacial score (nSPS) is 15.6. The Balaban J connectivity index is 1.23. The number of nitrogens with zero attached hydrogens (tertiary/aromatic N) is 8. The van der Waals surface area contributed by atoms with Gasteiger partial charge >= 0.3 is 548 Å². The molecular formula is C80H88ClInN8. The quantitative estimate of drug-likeness (QED) is 0.145. The Hall–Kier alpha value is -6.68. The summed E-state index contributed by atoms with van der Waals surface area (Å²) < 4.78 is 4.71. The van der Waals surface area contributed by atoms with E-state index in [0.717, 1.165) is 88.0 Å². The number of benzene rings is 8. The van der Waals surface area contributed by atoms with Gasteiger partial charge in [0.2, 0.25) is 0 Å². The monoisotopic (exact) mass is 1310 g/mol. The molecule has 0 unspecified atom stereocenters. The molecule has 8 nitrogen and oxygen atoms in total. The number of rotatable bonds is 0. The molecule has 0 N–H and O–H groups in total. The van der Waals surface area contributed by atoms with Crippen molar-refractivity contribution >= 4 is 129 Å². The molecule has 0 amide bonds. The fourth-order valence-corrected chi connectivity index (χ4v) is 21.9. The van der Waals surface area contributed by atoms with E-state index in [-0.39, 0.29) is 43.3 Å². The fourth-order valence-electron chi connectivity index (χ4n) is 14.2. The molecule has 0 atom stereocenters. The van der Waals surface area contributed by atoms with Crippen molar-refractivity contribution in [1.82, 2.24) is 5.11 Å². The average molecular weight is 1310 g/mol. The molecule has 458 valence electrons. The Morgan fingerprint density at radius 2 is 0.522 bits per heavy atom. The number of hydrogen-bond donors (Lipinski definition) is 0. The SMILES string of the molecule is CC(C)(C)c1cc(C(C)(C)C)c2cc3c(cc2c1)C1=Nc2c4cc5c(C(C)(C)C)cc(C(C)(C)C)cc5cc4c4[n]2[In]([Cl])[n]2c(c5cc6cc(C(C)(C)C)cc(C(C)(C)C)c6cc5c2=NC2=NC(=N4)c4cc5c(C(C)(C)C)cc(C(C)(C)C)cc5cc42)=NC3=N1. The van der Waals surface area contributed by atoms with Gasteiger partial charge in [0.15, 0.2) is 0 Å². The second kappa shape index (κ2) is 19.2. The van der Waals surface area contributed by atoms with Crippen LogP contribution in [0, 0.1) is 0 Å². The van der Waals surface area contributed by atoms with E-state index in [4.69, 9.17) is 38.5 Å². The van der Waals surface area contributed by atoms with Crippen molar-refractivity contribution in [2.45, 2.75) is 209 Å². The van der Waals surface area contributed by atoms with Gasteiger partial charge in [-0.2, -0.15) is 0 Å². The molecule has 4 aliphatic heterocycles. The number of fused-ring (bicyclic) bond motifs is 18. The van der Waals surface area contributed by atoms with Crippen LogP contribution in [-0.2, 0) is 43.3 Å². The van der Waals surface area contributed by atoms with Crippen LogP contribution in [-0.4, -0.2) is 49.3 Å². The van der Waals surface area contributed by atoms with E-state index in [2.05, 4.69) is 268 Å². The Morgan fingerprint density at radius 3 is 0.856 bits per heavy atom. The molecule has 10 aromatic rings. The number of halogens is 1. The molecule has 14 rings (SSSR count). The van der Waals surface area contributed by atoms with Crippen molar-refractivity contribution in [3.63, 3.8) is 0 Å². The number of hydrogen-bond acceptors (Lipinski definition) is 6. The molecule has 0 spiro atoms. The minimum absolute atomic E-state index is 0.0884. The molecule has 2 aromatic heterocycles. The van der Waals surface area contributed by atoms with Crippen LogP contribution in [0.1, 0.15) is 233 Å². The van der Waals surface area contributed by atoms with Crippen LogP contribution in [0.4, 0.5) is 11.6 Å². The molecule has 0 saturated heterocycles. The van der Waals surface area contributed by atoms with Crippen molar-refractivity contribution in [3.05, 3.63) is 175 Å². The van der Waals surface area contributed by atoms with Crippen LogP contribution in [0.25, 0.3) is 64.6 Å². The summed E-state index contributed by atoms with van der Waals surface area (Å²) in [6, 6.07) is 38.2. The van der Waals surface area contributed by atoms with E-state index in [1.807, 2.05) is 0 Å². The maximum atomic E-state index is 8.90. The van der Waals surface area contributed by atoms with Gasteiger partial charge in [-0.05, 0) is 0 Å². The molecule has 6 bridgehead atoms. The Morgan fingerprint density at radius 1 is 0.256 bits per heavy atom. The molecule has 6 heterocycles. The van der Waals surface area contributed by atoms with E-state index >= 15 is 0 Å². The van der Waals surface area contributed by atoms with Gasteiger partial charge < -0.3 is 0 Å². The summed E-state index contributed by atoms with van der Waals surface area (Å²) in [6.45, 7) is 55.6. The average Bonchev–Trinajstić information content (AvgIpc) is 1.53.